The van der Waals surface area contributed by atoms with Crippen LogP contribution in [-0.2, 0) is 0 Å². The SMILES string of the molecule is COc1c(C)cc([C@@H](N)CCN)cc1C. The Morgan fingerprint density at radius 1 is 1.27 bits per heavy atom. The van der Waals surface area contributed by atoms with Crippen molar-refractivity contribution in [2.45, 2.75) is 26.3 Å². The van der Waals surface area contributed by atoms with Gasteiger partial charge < -0.3 is 16.2 Å². The first-order valence-corrected chi connectivity index (χ1v) is 5.21. The zero-order valence-electron chi connectivity index (χ0n) is 9.71. The van der Waals surface area contributed by atoms with Crippen LogP contribution >= 0.6 is 0 Å². The molecule has 84 valence electrons. The van der Waals surface area contributed by atoms with E-state index in [-0.39, 0.29) is 6.04 Å². The molecule has 15 heavy (non-hydrogen) atoms. The van der Waals surface area contributed by atoms with Crippen LogP contribution in [0.2, 0.25) is 0 Å². The maximum atomic E-state index is 6.01. The molecule has 0 heterocycles. The highest BCUT2D eigenvalue weighted by atomic mass is 16.5. The Hall–Kier alpha value is -1.06. The summed E-state index contributed by atoms with van der Waals surface area (Å²) in [6.07, 6.45) is 0.811. The Labute approximate surface area is 91.4 Å². The Kier molecular flexibility index (Phi) is 4.12. The summed E-state index contributed by atoms with van der Waals surface area (Å²) in [7, 11) is 1.69. The fraction of sp³-hybridized carbons (Fsp3) is 0.500. The maximum Gasteiger partial charge on any atom is 0.124 e. The van der Waals surface area contributed by atoms with Gasteiger partial charge in [-0.15, -0.1) is 0 Å². The molecular weight excluding hydrogens is 188 g/mol. The van der Waals surface area contributed by atoms with Gasteiger partial charge in [-0.1, -0.05) is 12.1 Å². The molecule has 1 aromatic rings. The van der Waals surface area contributed by atoms with Crippen LogP contribution in [0.3, 0.4) is 0 Å². The molecule has 0 aliphatic rings. The summed E-state index contributed by atoms with van der Waals surface area (Å²) in [6, 6.07) is 4.18. The van der Waals surface area contributed by atoms with Gasteiger partial charge in [0.15, 0.2) is 0 Å². The van der Waals surface area contributed by atoms with Gasteiger partial charge >= 0.3 is 0 Å². The minimum Gasteiger partial charge on any atom is -0.496 e. The van der Waals surface area contributed by atoms with Gasteiger partial charge in [0.25, 0.3) is 0 Å². The van der Waals surface area contributed by atoms with E-state index >= 15 is 0 Å². The smallest absolute Gasteiger partial charge is 0.124 e. The molecule has 1 rings (SSSR count). The summed E-state index contributed by atoms with van der Waals surface area (Å²) in [6.45, 7) is 4.68. The molecule has 0 saturated carbocycles. The van der Waals surface area contributed by atoms with Gasteiger partial charge in [-0.3, -0.25) is 0 Å². The average Bonchev–Trinajstić information content (AvgIpc) is 2.17. The summed E-state index contributed by atoms with van der Waals surface area (Å²) in [4.78, 5) is 0. The minimum atomic E-state index is 0.0262. The number of hydrogen-bond acceptors (Lipinski definition) is 3. The van der Waals surface area contributed by atoms with Crippen molar-refractivity contribution in [3.63, 3.8) is 0 Å². The molecule has 0 saturated heterocycles. The van der Waals surface area contributed by atoms with Crippen LogP contribution < -0.4 is 16.2 Å². The van der Waals surface area contributed by atoms with Crippen molar-refractivity contribution >= 4 is 0 Å². The predicted molar refractivity (Wildman–Crippen MR) is 63.1 cm³/mol. The van der Waals surface area contributed by atoms with Crippen LogP contribution in [0.1, 0.15) is 29.2 Å². The molecule has 0 bridgehead atoms. The zero-order valence-corrected chi connectivity index (χ0v) is 9.71. The summed E-state index contributed by atoms with van der Waals surface area (Å²) in [5.41, 5.74) is 14.9. The topological polar surface area (TPSA) is 61.3 Å². The van der Waals surface area contributed by atoms with Gasteiger partial charge in [-0.25, -0.2) is 0 Å². The van der Waals surface area contributed by atoms with Gasteiger partial charge in [0.1, 0.15) is 5.75 Å². The van der Waals surface area contributed by atoms with E-state index in [9.17, 15) is 0 Å². The van der Waals surface area contributed by atoms with E-state index in [1.54, 1.807) is 7.11 Å². The second-order valence-electron chi connectivity index (χ2n) is 3.87. The van der Waals surface area contributed by atoms with Crippen LogP contribution in [0.15, 0.2) is 12.1 Å². The maximum absolute atomic E-state index is 6.01. The largest absolute Gasteiger partial charge is 0.496 e. The molecule has 0 amide bonds. The highest BCUT2D eigenvalue weighted by Gasteiger charge is 2.10. The third-order valence-electron chi connectivity index (χ3n) is 2.59. The minimum absolute atomic E-state index is 0.0262. The fourth-order valence-corrected chi connectivity index (χ4v) is 1.87. The van der Waals surface area contributed by atoms with Crippen LogP contribution in [0.25, 0.3) is 0 Å². The van der Waals surface area contributed by atoms with E-state index in [4.69, 9.17) is 16.2 Å². The molecule has 4 N–H and O–H groups in total. The highest BCUT2D eigenvalue weighted by molar-refractivity contribution is 5.44. The molecule has 0 aromatic heterocycles. The Balaban J connectivity index is 3.02. The molecule has 1 aromatic carbocycles. The first kappa shape index (κ1) is 12.0. The van der Waals surface area contributed by atoms with E-state index in [1.807, 2.05) is 13.8 Å². The van der Waals surface area contributed by atoms with E-state index in [1.165, 1.54) is 0 Å². The summed E-state index contributed by atoms with van der Waals surface area (Å²) >= 11 is 0. The molecule has 0 aliphatic heterocycles. The first-order valence-electron chi connectivity index (χ1n) is 5.21. The van der Waals surface area contributed by atoms with Gasteiger partial charge in [0.2, 0.25) is 0 Å². The highest BCUT2D eigenvalue weighted by Crippen LogP contribution is 2.27. The number of aryl methyl sites for hydroxylation is 2. The summed E-state index contributed by atoms with van der Waals surface area (Å²) in [5, 5.41) is 0. The number of benzene rings is 1. The van der Waals surface area contributed by atoms with Crippen LogP contribution in [0.4, 0.5) is 0 Å². The molecular formula is C12H20N2O. The molecule has 0 spiro atoms. The van der Waals surface area contributed by atoms with Crippen molar-refractivity contribution < 1.29 is 4.74 Å². The Morgan fingerprint density at radius 3 is 2.20 bits per heavy atom. The standard InChI is InChI=1S/C12H20N2O/c1-8-6-10(11(14)4-5-13)7-9(2)12(8)15-3/h6-7,11H,4-5,13-14H2,1-3H3/t11-/m0/s1. The molecule has 3 nitrogen and oxygen atoms in total. The quantitative estimate of drug-likeness (QED) is 0.791. The van der Waals surface area contributed by atoms with Crippen molar-refractivity contribution in [3.8, 4) is 5.75 Å². The van der Waals surface area contributed by atoms with E-state index < -0.39 is 0 Å². The monoisotopic (exact) mass is 208 g/mol. The van der Waals surface area contributed by atoms with Crippen molar-refractivity contribution in [1.29, 1.82) is 0 Å². The molecule has 0 unspecified atom stereocenters. The number of ether oxygens (including phenoxy) is 1. The number of methoxy groups -OCH3 is 1. The fourth-order valence-electron chi connectivity index (χ4n) is 1.87. The van der Waals surface area contributed by atoms with Gasteiger partial charge in [-0.2, -0.15) is 0 Å². The van der Waals surface area contributed by atoms with E-state index in [0.717, 1.165) is 28.9 Å². The third kappa shape index (κ3) is 2.70. The zero-order chi connectivity index (χ0) is 11.4. The molecule has 0 fully saturated rings. The number of nitrogens with two attached hydrogens (primary N) is 2. The molecule has 3 heteroatoms. The van der Waals surface area contributed by atoms with E-state index in [2.05, 4.69) is 12.1 Å². The number of rotatable bonds is 4. The third-order valence-corrected chi connectivity index (χ3v) is 2.59. The molecule has 0 radical (unpaired) electrons. The van der Waals surface area contributed by atoms with Crippen molar-refractivity contribution in [3.05, 3.63) is 28.8 Å². The van der Waals surface area contributed by atoms with Crippen molar-refractivity contribution in [1.82, 2.24) is 0 Å². The van der Waals surface area contributed by atoms with Crippen LogP contribution in [0.5, 0.6) is 5.75 Å². The van der Waals surface area contributed by atoms with Gasteiger partial charge in [-0.05, 0) is 43.5 Å². The molecule has 0 aliphatic carbocycles. The summed E-state index contributed by atoms with van der Waals surface area (Å²) < 4.78 is 5.30. The predicted octanol–water partition coefficient (Wildman–Crippen LogP) is 1.66. The molecule has 1 atom stereocenters. The number of hydrogen-bond donors (Lipinski definition) is 2. The Morgan fingerprint density at radius 2 is 1.80 bits per heavy atom. The Bertz CT molecular complexity index is 313. The van der Waals surface area contributed by atoms with Crippen LogP contribution in [-0.4, -0.2) is 13.7 Å². The normalized spacial score (nSPS) is 12.6. The lowest BCUT2D eigenvalue weighted by atomic mass is 9.99. The second kappa shape index (κ2) is 5.14. The van der Waals surface area contributed by atoms with Gasteiger partial charge in [0.05, 0.1) is 7.11 Å². The average molecular weight is 208 g/mol. The summed E-state index contributed by atoms with van der Waals surface area (Å²) in [5.74, 6) is 0.943. The lowest BCUT2D eigenvalue weighted by molar-refractivity contribution is 0.408. The van der Waals surface area contributed by atoms with Crippen molar-refractivity contribution in [2.24, 2.45) is 11.5 Å². The first-order chi connectivity index (χ1) is 7.10. The van der Waals surface area contributed by atoms with E-state index in [0.29, 0.717) is 6.54 Å². The lowest BCUT2D eigenvalue weighted by Gasteiger charge is -2.15. The van der Waals surface area contributed by atoms with Gasteiger partial charge in [0, 0.05) is 6.04 Å². The van der Waals surface area contributed by atoms with Crippen LogP contribution in [0, 0.1) is 13.8 Å². The lowest BCUT2D eigenvalue weighted by Crippen LogP contribution is -2.15. The van der Waals surface area contributed by atoms with Crippen molar-refractivity contribution in [2.75, 3.05) is 13.7 Å². The second-order valence-corrected chi connectivity index (χ2v) is 3.87.